The number of carboxylic acid groups (broad SMARTS) is 1. The van der Waals surface area contributed by atoms with Gasteiger partial charge in [0.1, 0.15) is 0 Å². The molecule has 4 N–H and O–H groups in total. The standard InChI is InChI=1S/C18H17F4N3O2/c1-2-8-25(10-11-4-3-5-12(9-11)18(20,21)22)14-7-6-13(24-17(26)27)16(23)15(14)19/h2-7,9,24H,1,8,10,23H2,(H,26,27). The second-order valence-electron chi connectivity index (χ2n) is 5.66. The Kier molecular flexibility index (Phi) is 5.94. The summed E-state index contributed by atoms with van der Waals surface area (Å²) in [4.78, 5) is 12.1. The molecule has 2 aromatic carbocycles. The van der Waals surface area contributed by atoms with Crippen molar-refractivity contribution in [2.75, 3.05) is 22.5 Å². The lowest BCUT2D eigenvalue weighted by Crippen LogP contribution is -2.24. The molecular formula is C18H17F4N3O2. The number of alkyl halides is 3. The quantitative estimate of drug-likeness (QED) is 0.384. The monoisotopic (exact) mass is 383 g/mol. The fourth-order valence-electron chi connectivity index (χ4n) is 2.52. The van der Waals surface area contributed by atoms with Crippen molar-refractivity contribution in [1.29, 1.82) is 0 Å². The van der Waals surface area contributed by atoms with Crippen LogP contribution < -0.4 is 16.0 Å². The van der Waals surface area contributed by atoms with Gasteiger partial charge in [-0.3, -0.25) is 5.32 Å². The van der Waals surface area contributed by atoms with Crippen LogP contribution in [0.3, 0.4) is 0 Å². The number of nitrogens with zero attached hydrogens (tertiary/aromatic N) is 1. The molecule has 144 valence electrons. The first-order chi connectivity index (χ1) is 12.6. The summed E-state index contributed by atoms with van der Waals surface area (Å²) in [5, 5.41) is 10.7. The van der Waals surface area contributed by atoms with Crippen LogP contribution in [0.25, 0.3) is 0 Å². The normalized spacial score (nSPS) is 11.1. The van der Waals surface area contributed by atoms with Gasteiger partial charge in [0.05, 0.1) is 22.6 Å². The van der Waals surface area contributed by atoms with E-state index in [2.05, 4.69) is 6.58 Å². The van der Waals surface area contributed by atoms with Gasteiger partial charge in [0, 0.05) is 13.1 Å². The lowest BCUT2D eigenvalue weighted by atomic mass is 10.1. The van der Waals surface area contributed by atoms with E-state index in [1.165, 1.54) is 35.2 Å². The van der Waals surface area contributed by atoms with Crippen LogP contribution in [0.1, 0.15) is 11.1 Å². The van der Waals surface area contributed by atoms with Crippen LogP contribution in [0.15, 0.2) is 49.1 Å². The van der Waals surface area contributed by atoms with Crippen LogP contribution in [0.5, 0.6) is 0 Å². The largest absolute Gasteiger partial charge is 0.465 e. The van der Waals surface area contributed by atoms with Crippen LogP contribution in [-0.4, -0.2) is 17.7 Å². The van der Waals surface area contributed by atoms with E-state index < -0.39 is 29.3 Å². The van der Waals surface area contributed by atoms with Crippen molar-refractivity contribution in [3.63, 3.8) is 0 Å². The van der Waals surface area contributed by atoms with Gasteiger partial charge >= 0.3 is 12.3 Å². The van der Waals surface area contributed by atoms with Gasteiger partial charge in [-0.1, -0.05) is 18.2 Å². The van der Waals surface area contributed by atoms with Crippen molar-refractivity contribution in [1.82, 2.24) is 0 Å². The van der Waals surface area contributed by atoms with E-state index in [-0.39, 0.29) is 24.5 Å². The number of nitrogens with one attached hydrogen (secondary N) is 1. The third-order valence-electron chi connectivity index (χ3n) is 3.72. The molecule has 27 heavy (non-hydrogen) atoms. The number of halogens is 4. The zero-order valence-electron chi connectivity index (χ0n) is 14.1. The van der Waals surface area contributed by atoms with Gasteiger partial charge < -0.3 is 15.7 Å². The minimum atomic E-state index is -4.49. The first-order valence-corrected chi connectivity index (χ1v) is 7.73. The molecule has 0 aliphatic heterocycles. The molecule has 5 nitrogen and oxygen atoms in total. The summed E-state index contributed by atoms with van der Waals surface area (Å²) >= 11 is 0. The first kappa shape index (κ1) is 20.1. The third-order valence-corrected chi connectivity index (χ3v) is 3.72. The molecule has 0 heterocycles. The number of hydrogen-bond acceptors (Lipinski definition) is 3. The summed E-state index contributed by atoms with van der Waals surface area (Å²) in [6, 6.07) is 7.28. The molecule has 0 fully saturated rings. The smallest absolute Gasteiger partial charge is 0.416 e. The molecule has 0 aliphatic carbocycles. The number of hydrogen-bond donors (Lipinski definition) is 3. The summed E-state index contributed by atoms with van der Waals surface area (Å²) in [7, 11) is 0. The van der Waals surface area contributed by atoms with Gasteiger partial charge in [0.25, 0.3) is 0 Å². The van der Waals surface area contributed by atoms with Crippen molar-refractivity contribution < 1.29 is 27.5 Å². The van der Waals surface area contributed by atoms with E-state index >= 15 is 0 Å². The fraction of sp³-hybridized carbons (Fsp3) is 0.167. The minimum Gasteiger partial charge on any atom is -0.465 e. The van der Waals surface area contributed by atoms with E-state index in [1.807, 2.05) is 5.32 Å². The van der Waals surface area contributed by atoms with Crippen molar-refractivity contribution in [2.24, 2.45) is 0 Å². The molecule has 0 atom stereocenters. The summed E-state index contributed by atoms with van der Waals surface area (Å²) in [5.74, 6) is -0.880. The molecule has 0 unspecified atom stereocenters. The molecule has 0 saturated carbocycles. The SMILES string of the molecule is C=CCN(Cc1cccc(C(F)(F)F)c1)c1ccc(NC(=O)O)c(N)c1F. The lowest BCUT2D eigenvalue weighted by molar-refractivity contribution is -0.137. The highest BCUT2D eigenvalue weighted by molar-refractivity contribution is 5.88. The van der Waals surface area contributed by atoms with Gasteiger partial charge in [-0.25, -0.2) is 9.18 Å². The molecular weight excluding hydrogens is 366 g/mol. The summed E-state index contributed by atoms with van der Waals surface area (Å²) in [6.07, 6.45) is -4.42. The summed E-state index contributed by atoms with van der Waals surface area (Å²) in [5.41, 5.74) is 4.63. The van der Waals surface area contributed by atoms with E-state index in [1.54, 1.807) is 0 Å². The highest BCUT2D eigenvalue weighted by Crippen LogP contribution is 2.33. The van der Waals surface area contributed by atoms with E-state index in [9.17, 15) is 22.4 Å². The molecule has 2 rings (SSSR count). The Bertz CT molecular complexity index is 853. The molecule has 0 aromatic heterocycles. The van der Waals surface area contributed by atoms with Crippen molar-refractivity contribution in [3.8, 4) is 0 Å². The predicted octanol–water partition coefficient (Wildman–Crippen LogP) is 4.71. The lowest BCUT2D eigenvalue weighted by Gasteiger charge is -2.25. The average Bonchev–Trinajstić information content (AvgIpc) is 2.58. The predicted molar refractivity (Wildman–Crippen MR) is 95.2 cm³/mol. The van der Waals surface area contributed by atoms with E-state index in [4.69, 9.17) is 10.8 Å². The van der Waals surface area contributed by atoms with Crippen molar-refractivity contribution >= 4 is 23.2 Å². The number of rotatable bonds is 6. The fourth-order valence-corrected chi connectivity index (χ4v) is 2.52. The highest BCUT2D eigenvalue weighted by atomic mass is 19.4. The maximum Gasteiger partial charge on any atom is 0.416 e. The van der Waals surface area contributed by atoms with Crippen molar-refractivity contribution in [2.45, 2.75) is 12.7 Å². The molecule has 0 spiro atoms. The summed E-state index contributed by atoms with van der Waals surface area (Å²) < 4.78 is 53.3. The van der Waals surface area contributed by atoms with E-state index in [0.717, 1.165) is 12.1 Å². The number of anilines is 3. The minimum absolute atomic E-state index is 0.0146. The second kappa shape index (κ2) is 7.98. The van der Waals surface area contributed by atoms with Crippen LogP contribution >= 0.6 is 0 Å². The zero-order chi connectivity index (χ0) is 20.2. The molecule has 0 saturated heterocycles. The van der Waals surface area contributed by atoms with Crippen LogP contribution in [0, 0.1) is 5.82 Å². The number of carbonyl (C=O) groups is 1. The first-order valence-electron chi connectivity index (χ1n) is 7.73. The maximum absolute atomic E-state index is 14.6. The molecule has 1 amide bonds. The Morgan fingerprint density at radius 3 is 2.59 bits per heavy atom. The number of nitrogens with two attached hydrogens (primary N) is 1. The van der Waals surface area contributed by atoms with Gasteiger partial charge in [-0.15, -0.1) is 6.58 Å². The Hall–Kier alpha value is -3.23. The maximum atomic E-state index is 14.6. The van der Waals surface area contributed by atoms with Crippen molar-refractivity contribution in [3.05, 3.63) is 66.0 Å². The molecule has 0 radical (unpaired) electrons. The Morgan fingerprint density at radius 1 is 1.30 bits per heavy atom. The number of benzene rings is 2. The summed E-state index contributed by atoms with van der Waals surface area (Å²) in [6.45, 7) is 3.68. The number of nitrogen functional groups attached to an aromatic ring is 1. The number of amides is 1. The highest BCUT2D eigenvalue weighted by Gasteiger charge is 2.30. The Labute approximate surface area is 152 Å². The molecule has 0 aliphatic rings. The molecule has 2 aromatic rings. The van der Waals surface area contributed by atoms with Gasteiger partial charge in [-0.05, 0) is 29.8 Å². The van der Waals surface area contributed by atoms with Gasteiger partial charge in [0.15, 0.2) is 5.82 Å². The topological polar surface area (TPSA) is 78.6 Å². The molecule has 0 bridgehead atoms. The zero-order valence-corrected chi connectivity index (χ0v) is 14.1. The van der Waals surface area contributed by atoms with Crippen LogP contribution in [0.2, 0.25) is 0 Å². The molecule has 9 heteroatoms. The second-order valence-corrected chi connectivity index (χ2v) is 5.66. The third kappa shape index (κ3) is 4.90. The Morgan fingerprint density at radius 2 is 2.00 bits per heavy atom. The van der Waals surface area contributed by atoms with Gasteiger partial charge in [-0.2, -0.15) is 13.2 Å². The Balaban J connectivity index is 2.37. The van der Waals surface area contributed by atoms with Crippen LogP contribution in [-0.2, 0) is 12.7 Å². The average molecular weight is 383 g/mol. The van der Waals surface area contributed by atoms with Gasteiger partial charge in [0.2, 0.25) is 0 Å². The van der Waals surface area contributed by atoms with Crippen LogP contribution in [0.4, 0.5) is 39.4 Å². The van der Waals surface area contributed by atoms with E-state index in [0.29, 0.717) is 5.56 Å².